The highest BCUT2D eigenvalue weighted by Gasteiger charge is 2.34. The van der Waals surface area contributed by atoms with Crippen LogP contribution in [0.5, 0.6) is 0 Å². The van der Waals surface area contributed by atoms with E-state index in [2.05, 4.69) is 21.1 Å². The van der Waals surface area contributed by atoms with Crippen LogP contribution >= 0.6 is 0 Å². The zero-order chi connectivity index (χ0) is 41.1. The Bertz CT molecular complexity index is 2790. The Morgan fingerprint density at radius 2 is 0.768 bits per heavy atom. The second-order valence-corrected chi connectivity index (χ2v) is 17.3. The topological polar surface area (TPSA) is 352 Å². The van der Waals surface area contributed by atoms with E-state index >= 15 is 0 Å². The van der Waals surface area contributed by atoms with Crippen LogP contribution in [0.15, 0.2) is 103 Å². The van der Waals surface area contributed by atoms with Crippen LogP contribution < -0.4 is 22.3 Å². The van der Waals surface area contributed by atoms with Gasteiger partial charge in [-0.05, 0) is 59.7 Å². The maximum absolute atomic E-state index is 13.2. The average molecular weight is 845 g/mol. The van der Waals surface area contributed by atoms with Crippen molar-refractivity contribution in [2.75, 3.05) is 22.3 Å². The molecular formula is C32H24N6O14S4. The number of benzene rings is 4. The van der Waals surface area contributed by atoms with Crippen molar-refractivity contribution < 1.29 is 61.5 Å². The van der Waals surface area contributed by atoms with Gasteiger partial charge in [0, 0.05) is 11.1 Å². The second kappa shape index (κ2) is 13.9. The minimum Gasteiger partial charge on any atom is -0.397 e. The second-order valence-electron chi connectivity index (χ2n) is 11.7. The van der Waals surface area contributed by atoms with Gasteiger partial charge in [-0.3, -0.25) is 38.7 Å². The molecule has 0 spiro atoms. The summed E-state index contributed by atoms with van der Waals surface area (Å²) in [5.74, 6) is -2.01. The van der Waals surface area contributed by atoms with E-state index in [-0.39, 0.29) is 11.4 Å². The lowest BCUT2D eigenvalue weighted by Gasteiger charge is -2.18. The van der Waals surface area contributed by atoms with E-state index in [4.69, 9.17) is 11.5 Å². The molecule has 0 radical (unpaired) electrons. The number of nitrogen functional groups attached to an aromatic ring is 2. The van der Waals surface area contributed by atoms with Crippen LogP contribution in [-0.4, -0.2) is 74.9 Å². The van der Waals surface area contributed by atoms with Gasteiger partial charge in [0.25, 0.3) is 40.5 Å². The fourth-order valence-electron chi connectivity index (χ4n) is 5.64. The van der Waals surface area contributed by atoms with E-state index in [0.29, 0.717) is 34.6 Å². The number of ketones is 2. The number of allylic oxidation sites excluding steroid dienone is 2. The molecule has 24 heteroatoms. The zero-order valence-corrected chi connectivity index (χ0v) is 30.9. The summed E-state index contributed by atoms with van der Waals surface area (Å²) in [4.78, 5) is 22.3. The van der Waals surface area contributed by atoms with Crippen molar-refractivity contribution in [1.29, 1.82) is 0 Å². The van der Waals surface area contributed by atoms with Crippen molar-refractivity contribution >= 4 is 98.4 Å². The van der Waals surface area contributed by atoms with Gasteiger partial charge in [-0.25, -0.2) is 0 Å². The smallest absolute Gasteiger partial charge is 0.296 e. The summed E-state index contributed by atoms with van der Waals surface area (Å²) in [5.41, 5.74) is 14.9. The first-order valence-corrected chi connectivity index (χ1v) is 20.9. The fraction of sp³-hybridized carbons (Fsp3) is 0. The van der Waals surface area contributed by atoms with E-state index in [1.54, 1.807) is 48.5 Å². The number of rotatable bonds is 9. The first kappa shape index (κ1) is 39.6. The number of hydrogen-bond acceptors (Lipinski definition) is 16. The molecule has 0 aliphatic heterocycles. The monoisotopic (exact) mass is 844 g/mol. The van der Waals surface area contributed by atoms with Crippen LogP contribution in [0.1, 0.15) is 31.8 Å². The number of anilines is 4. The number of fused-ring (bicyclic) bond motifs is 2. The number of hydrazone groups is 2. The lowest BCUT2D eigenvalue weighted by atomic mass is 9.93. The van der Waals surface area contributed by atoms with Crippen LogP contribution in [-0.2, 0) is 40.5 Å². The highest BCUT2D eigenvalue weighted by molar-refractivity contribution is 7.87. The van der Waals surface area contributed by atoms with E-state index in [0.717, 1.165) is 24.3 Å². The number of nitrogens with two attached hydrogens (primary N) is 2. The van der Waals surface area contributed by atoms with Crippen LogP contribution in [0, 0.1) is 0 Å². The molecule has 290 valence electrons. The predicted molar refractivity (Wildman–Crippen MR) is 202 cm³/mol. The molecule has 0 aromatic heterocycles. The molecule has 0 fully saturated rings. The first-order chi connectivity index (χ1) is 26.0. The minimum atomic E-state index is -5.11. The van der Waals surface area contributed by atoms with Gasteiger partial charge in [0.1, 0.15) is 31.0 Å². The van der Waals surface area contributed by atoms with Crippen LogP contribution in [0.3, 0.4) is 0 Å². The van der Waals surface area contributed by atoms with Gasteiger partial charge in [0.2, 0.25) is 11.6 Å². The molecular weight excluding hydrogens is 821 g/mol. The average Bonchev–Trinajstić information content (AvgIpc) is 3.09. The molecule has 0 unspecified atom stereocenters. The summed E-state index contributed by atoms with van der Waals surface area (Å²) in [6, 6.07) is 14.0. The molecule has 0 amide bonds. The fourth-order valence-corrected chi connectivity index (χ4v) is 8.51. The third kappa shape index (κ3) is 7.57. The highest BCUT2D eigenvalue weighted by Crippen LogP contribution is 2.37. The van der Waals surface area contributed by atoms with Gasteiger partial charge in [0.15, 0.2) is 0 Å². The first-order valence-electron chi connectivity index (χ1n) is 15.1. The molecule has 0 atom stereocenters. The summed E-state index contributed by atoms with van der Waals surface area (Å²) < 4.78 is 133. The van der Waals surface area contributed by atoms with Gasteiger partial charge in [-0.15, -0.1) is 0 Å². The number of nitrogens with one attached hydrogen (secondary N) is 2. The molecule has 2 aliphatic carbocycles. The van der Waals surface area contributed by atoms with Gasteiger partial charge in [0.05, 0.1) is 33.9 Å². The van der Waals surface area contributed by atoms with E-state index in [9.17, 15) is 61.5 Å². The van der Waals surface area contributed by atoms with Gasteiger partial charge >= 0.3 is 0 Å². The van der Waals surface area contributed by atoms with Crippen molar-refractivity contribution in [3.63, 3.8) is 0 Å². The molecule has 0 saturated carbocycles. The van der Waals surface area contributed by atoms with Crippen LogP contribution in [0.25, 0.3) is 23.3 Å². The van der Waals surface area contributed by atoms with Crippen molar-refractivity contribution in [3.05, 3.63) is 95.1 Å². The Morgan fingerprint density at radius 3 is 1.05 bits per heavy atom. The molecule has 4 aromatic rings. The number of carbonyl (C=O) groups excluding carboxylic acids is 2. The maximum atomic E-state index is 13.2. The minimum absolute atomic E-state index is 0.322. The standard InChI is InChI=1S/C32H24N6O14S4/c33-29-25(55(47,48)49)13-23(53(41,42)43)19-9-11-21(31(39)27(19)29)37-35-17-5-1-15(2-6-17)16-3-7-18(8-4-16)36-38-22-12-10-20-24(54(44,45)46)14-26(56(50,51)52)30(34)28(20)32(22)40/h1-14,35-36H,33-34H2,(H,41,42,43)(H,44,45,46)(H,47,48,49)(H,50,51,52). The Hall–Kier alpha value is -6.12. The predicted octanol–water partition coefficient (Wildman–Crippen LogP) is 2.86. The van der Waals surface area contributed by atoms with E-state index in [1.807, 2.05) is 0 Å². The maximum Gasteiger partial charge on any atom is 0.296 e. The molecule has 6 rings (SSSR count). The number of nitrogens with zero attached hydrogens (tertiary/aromatic N) is 2. The zero-order valence-electron chi connectivity index (χ0n) is 27.6. The van der Waals surface area contributed by atoms with Crippen molar-refractivity contribution in [2.45, 2.75) is 19.6 Å². The molecule has 56 heavy (non-hydrogen) atoms. The number of carbonyl (C=O) groups is 2. The van der Waals surface area contributed by atoms with Crippen LogP contribution in [0.2, 0.25) is 0 Å². The molecule has 2 aliphatic rings. The molecule has 10 N–H and O–H groups in total. The van der Waals surface area contributed by atoms with Gasteiger partial charge < -0.3 is 11.5 Å². The van der Waals surface area contributed by atoms with Crippen molar-refractivity contribution in [2.24, 2.45) is 10.2 Å². The summed E-state index contributed by atoms with van der Waals surface area (Å²) in [6.07, 6.45) is 4.39. The van der Waals surface area contributed by atoms with E-state index < -0.39 is 105 Å². The SMILES string of the molecule is Nc1c(S(=O)(=O)O)cc(S(=O)(=O)O)c2c1C(=O)C(=NNc1ccc(-c3ccc(NN=C4C=Cc5c(S(=O)(=O)O)cc(S(=O)(=O)O)c(N)c5C4=O)cc3)cc1)C=C2. The molecule has 4 aromatic carbocycles. The summed E-state index contributed by atoms with van der Waals surface area (Å²) in [6.45, 7) is 0. The largest absolute Gasteiger partial charge is 0.397 e. The van der Waals surface area contributed by atoms with Crippen molar-refractivity contribution in [1.82, 2.24) is 0 Å². The van der Waals surface area contributed by atoms with Crippen molar-refractivity contribution in [3.8, 4) is 11.1 Å². The Morgan fingerprint density at radius 1 is 0.464 bits per heavy atom. The van der Waals surface area contributed by atoms with Gasteiger partial charge in [-0.1, -0.05) is 36.4 Å². The summed E-state index contributed by atoms with van der Waals surface area (Å²) >= 11 is 0. The summed E-state index contributed by atoms with van der Waals surface area (Å²) in [7, 11) is -20.3. The van der Waals surface area contributed by atoms with E-state index in [1.165, 1.54) is 0 Å². The Balaban J connectivity index is 1.18. The number of hydrogen-bond donors (Lipinski definition) is 8. The molecule has 0 heterocycles. The van der Waals surface area contributed by atoms with Crippen LogP contribution in [0.4, 0.5) is 22.7 Å². The lowest BCUT2D eigenvalue weighted by molar-refractivity contribution is 0.105. The Labute approximate surface area is 316 Å². The molecule has 0 saturated heterocycles. The normalized spacial score (nSPS) is 15.9. The molecule has 0 bridgehead atoms. The summed E-state index contributed by atoms with van der Waals surface area (Å²) in [5, 5.41) is 8.00. The third-order valence-corrected chi connectivity index (χ3v) is 11.8. The number of Topliss-reactive ketones (excluding diaryl/α,β-unsaturated/α-hetero) is 2. The quantitative estimate of drug-likeness (QED) is 0.0682. The third-order valence-electron chi connectivity index (χ3n) is 8.22. The Kier molecular flexibility index (Phi) is 9.80. The highest BCUT2D eigenvalue weighted by atomic mass is 32.2. The lowest BCUT2D eigenvalue weighted by Crippen LogP contribution is -2.23. The molecule has 20 nitrogen and oxygen atoms in total. The van der Waals surface area contributed by atoms with Gasteiger partial charge in [-0.2, -0.15) is 43.9 Å².